The van der Waals surface area contributed by atoms with E-state index in [4.69, 9.17) is 14.6 Å². The lowest BCUT2D eigenvalue weighted by atomic mass is 10.1. The van der Waals surface area contributed by atoms with Gasteiger partial charge in [0.05, 0.1) is 0 Å². The summed E-state index contributed by atoms with van der Waals surface area (Å²) >= 11 is 0. The van der Waals surface area contributed by atoms with Crippen LogP contribution in [0.25, 0.3) is 0 Å². The Morgan fingerprint density at radius 1 is 1.04 bits per heavy atom. The van der Waals surface area contributed by atoms with E-state index in [9.17, 15) is 23.6 Å². The third-order valence-corrected chi connectivity index (χ3v) is 3.16. The highest BCUT2D eigenvalue weighted by Gasteiger charge is 2.81. The Balaban J connectivity index is 3.29. The maximum atomic E-state index is 14.5. The summed E-state index contributed by atoms with van der Waals surface area (Å²) in [5, 5.41) is 8.99. The Kier molecular flexibility index (Phi) is 4.73. The fourth-order valence-corrected chi connectivity index (χ4v) is 2.05. The first-order chi connectivity index (χ1) is 10.6. The van der Waals surface area contributed by atoms with Gasteiger partial charge >= 0.3 is 18.2 Å². The van der Waals surface area contributed by atoms with Gasteiger partial charge in [0, 0.05) is 6.42 Å². The van der Waals surface area contributed by atoms with Gasteiger partial charge < -0.3 is 19.4 Å². The summed E-state index contributed by atoms with van der Waals surface area (Å²) in [7, 11) is 0. The van der Waals surface area contributed by atoms with E-state index in [0.717, 1.165) is 0 Å². The molecule has 0 aliphatic heterocycles. The maximum absolute atomic E-state index is 14.5. The van der Waals surface area contributed by atoms with Crippen LogP contribution in [-0.2, 0) is 19.1 Å². The molecule has 136 valence electrons. The SMILES string of the molecule is CC(C)(C)OC(=O)N(C(=O)OC(C)(C)C)[C@@]1(C=O)C[C@]1(F)C(=O)O. The number of carbonyl (C=O) groups excluding carboxylic acids is 3. The summed E-state index contributed by atoms with van der Waals surface area (Å²) in [6.07, 6.45) is -3.65. The lowest BCUT2D eigenvalue weighted by molar-refractivity contribution is -0.147. The van der Waals surface area contributed by atoms with Crippen molar-refractivity contribution >= 4 is 24.4 Å². The number of carboxylic acid groups (broad SMARTS) is 1. The zero-order valence-corrected chi connectivity index (χ0v) is 14.5. The highest BCUT2D eigenvalue weighted by Crippen LogP contribution is 2.55. The molecule has 1 N–H and O–H groups in total. The normalized spacial score (nSPS) is 26.3. The number of ether oxygens (including phenoxy) is 2. The van der Waals surface area contributed by atoms with E-state index in [1.54, 1.807) is 0 Å². The highest BCUT2D eigenvalue weighted by atomic mass is 19.1. The Morgan fingerprint density at radius 2 is 1.42 bits per heavy atom. The second-order valence-corrected chi connectivity index (χ2v) is 7.62. The number of carboxylic acids is 1. The quantitative estimate of drug-likeness (QED) is 0.780. The molecule has 0 heterocycles. The minimum absolute atomic E-state index is 0.0744. The minimum Gasteiger partial charge on any atom is -0.479 e. The molecule has 1 aliphatic carbocycles. The van der Waals surface area contributed by atoms with E-state index in [0.29, 0.717) is 0 Å². The first-order valence-electron chi connectivity index (χ1n) is 7.24. The summed E-state index contributed by atoms with van der Waals surface area (Å²) < 4.78 is 24.5. The molecule has 24 heavy (non-hydrogen) atoms. The lowest BCUT2D eigenvalue weighted by Gasteiger charge is -2.32. The van der Waals surface area contributed by atoms with Crippen molar-refractivity contribution in [1.82, 2.24) is 4.90 Å². The second-order valence-electron chi connectivity index (χ2n) is 7.62. The predicted molar refractivity (Wildman–Crippen MR) is 79.2 cm³/mol. The van der Waals surface area contributed by atoms with Crippen LogP contribution in [-0.4, -0.2) is 56.9 Å². The average Bonchev–Trinajstić information content (AvgIpc) is 2.92. The third-order valence-electron chi connectivity index (χ3n) is 3.16. The summed E-state index contributed by atoms with van der Waals surface area (Å²) in [5.74, 6) is -1.95. The van der Waals surface area contributed by atoms with Gasteiger partial charge in [-0.15, -0.1) is 0 Å². The summed E-state index contributed by atoms with van der Waals surface area (Å²) in [5.41, 5.74) is -7.69. The van der Waals surface area contributed by atoms with E-state index >= 15 is 0 Å². The van der Waals surface area contributed by atoms with Crippen LogP contribution >= 0.6 is 0 Å². The number of aliphatic carboxylic acids is 1. The number of hydrogen-bond acceptors (Lipinski definition) is 6. The van der Waals surface area contributed by atoms with Gasteiger partial charge in [-0.3, -0.25) is 0 Å². The number of imide groups is 1. The summed E-state index contributed by atoms with van der Waals surface area (Å²) in [4.78, 5) is 47.3. The molecule has 0 aromatic heterocycles. The molecule has 2 amide bonds. The highest BCUT2D eigenvalue weighted by molar-refractivity contribution is 6.02. The van der Waals surface area contributed by atoms with Gasteiger partial charge in [-0.2, -0.15) is 4.90 Å². The molecule has 2 atom stereocenters. The van der Waals surface area contributed by atoms with Crippen LogP contribution in [0.2, 0.25) is 0 Å². The molecule has 0 aromatic carbocycles. The molecule has 8 nitrogen and oxygen atoms in total. The van der Waals surface area contributed by atoms with Crippen molar-refractivity contribution in [3.05, 3.63) is 0 Å². The molecule has 0 radical (unpaired) electrons. The van der Waals surface area contributed by atoms with Gasteiger partial charge in [0.1, 0.15) is 11.2 Å². The van der Waals surface area contributed by atoms with E-state index in [-0.39, 0.29) is 11.2 Å². The van der Waals surface area contributed by atoms with Crippen LogP contribution in [0.5, 0.6) is 0 Å². The molecular weight excluding hydrogens is 325 g/mol. The fourth-order valence-electron chi connectivity index (χ4n) is 2.05. The van der Waals surface area contributed by atoms with E-state index in [2.05, 4.69) is 0 Å². The molecule has 1 fully saturated rings. The molecule has 0 unspecified atom stereocenters. The van der Waals surface area contributed by atoms with E-state index in [1.807, 2.05) is 0 Å². The number of aldehydes is 1. The second kappa shape index (κ2) is 5.71. The number of alkyl halides is 1. The maximum Gasteiger partial charge on any atom is 0.420 e. The Hall–Kier alpha value is -2.19. The number of nitrogens with zero attached hydrogens (tertiary/aromatic N) is 1. The van der Waals surface area contributed by atoms with Gasteiger partial charge in [-0.25, -0.2) is 18.8 Å². The molecular formula is C15H22FNO7. The van der Waals surface area contributed by atoms with Crippen LogP contribution < -0.4 is 0 Å². The van der Waals surface area contributed by atoms with Crippen molar-refractivity contribution in [2.24, 2.45) is 0 Å². The van der Waals surface area contributed by atoms with Crippen LogP contribution in [0.4, 0.5) is 14.0 Å². The molecule has 0 bridgehead atoms. The Bertz CT molecular complexity index is 549. The van der Waals surface area contributed by atoms with Crippen LogP contribution in [0, 0.1) is 0 Å². The van der Waals surface area contributed by atoms with Crippen LogP contribution in [0.3, 0.4) is 0 Å². The monoisotopic (exact) mass is 347 g/mol. The molecule has 1 aliphatic rings. The molecule has 1 saturated carbocycles. The predicted octanol–water partition coefficient (Wildman–Crippen LogP) is 2.29. The first-order valence-corrected chi connectivity index (χ1v) is 7.24. The first kappa shape index (κ1) is 19.9. The number of halogens is 1. The summed E-state index contributed by atoms with van der Waals surface area (Å²) in [6, 6.07) is 0. The van der Waals surface area contributed by atoms with Crippen molar-refractivity contribution < 1.29 is 38.1 Å². The zero-order valence-electron chi connectivity index (χ0n) is 14.5. The average molecular weight is 347 g/mol. The van der Waals surface area contributed by atoms with Gasteiger partial charge in [0.2, 0.25) is 5.67 Å². The molecule has 0 aromatic rings. The van der Waals surface area contributed by atoms with Crippen molar-refractivity contribution in [2.75, 3.05) is 0 Å². The topological polar surface area (TPSA) is 110 Å². The number of rotatable bonds is 3. The molecule has 1 rings (SSSR count). The minimum atomic E-state index is -3.08. The molecule has 0 spiro atoms. The Morgan fingerprint density at radius 3 is 1.62 bits per heavy atom. The molecule has 0 saturated heterocycles. The van der Waals surface area contributed by atoms with Crippen LogP contribution in [0.15, 0.2) is 0 Å². The van der Waals surface area contributed by atoms with Gasteiger partial charge in [0.25, 0.3) is 0 Å². The number of hydrogen-bond donors (Lipinski definition) is 1. The van der Waals surface area contributed by atoms with Gasteiger partial charge in [0.15, 0.2) is 11.8 Å². The van der Waals surface area contributed by atoms with Crippen molar-refractivity contribution in [2.45, 2.75) is 70.4 Å². The van der Waals surface area contributed by atoms with Crippen molar-refractivity contribution in [3.8, 4) is 0 Å². The standard InChI is InChI=1S/C15H22FNO7/c1-12(2,3)23-10(21)17(11(22)24-13(4,5)6)14(8-18)7-15(14,16)9(19)20/h8H,7H2,1-6H3,(H,19,20)/t14-,15+/m1/s1. The van der Waals surface area contributed by atoms with Gasteiger partial charge in [-0.05, 0) is 41.5 Å². The van der Waals surface area contributed by atoms with E-state index in [1.165, 1.54) is 41.5 Å². The largest absolute Gasteiger partial charge is 0.479 e. The number of amides is 2. The van der Waals surface area contributed by atoms with E-state index < -0.39 is 47.0 Å². The summed E-state index contributed by atoms with van der Waals surface area (Å²) in [6.45, 7) is 8.99. The fraction of sp³-hybridized carbons (Fsp3) is 0.733. The van der Waals surface area contributed by atoms with Crippen LogP contribution in [0.1, 0.15) is 48.0 Å². The zero-order chi connectivity index (χ0) is 19.1. The molecule has 9 heteroatoms. The van der Waals surface area contributed by atoms with Gasteiger partial charge in [-0.1, -0.05) is 0 Å². The van der Waals surface area contributed by atoms with Crippen molar-refractivity contribution in [3.63, 3.8) is 0 Å². The number of carbonyl (C=O) groups is 4. The Labute approximate surface area is 138 Å². The smallest absolute Gasteiger partial charge is 0.420 e. The third kappa shape index (κ3) is 3.65. The van der Waals surface area contributed by atoms with Crippen molar-refractivity contribution in [1.29, 1.82) is 0 Å². The lowest BCUT2D eigenvalue weighted by Crippen LogP contribution is -2.55.